The number of aliphatic hydroxyl groups is 1. The fourth-order valence-electron chi connectivity index (χ4n) is 1.08. The minimum absolute atomic E-state index is 0.0534. The lowest BCUT2D eigenvalue weighted by molar-refractivity contribution is -0.0210. The van der Waals surface area contributed by atoms with Gasteiger partial charge in [0.2, 0.25) is 0 Å². The second-order valence-corrected chi connectivity index (χ2v) is 3.89. The van der Waals surface area contributed by atoms with Crippen LogP contribution in [0.3, 0.4) is 0 Å². The van der Waals surface area contributed by atoms with Crippen LogP contribution in [0.2, 0.25) is 0 Å². The van der Waals surface area contributed by atoms with E-state index in [-0.39, 0.29) is 18.8 Å². The molecule has 2 atom stereocenters. The molecule has 0 heterocycles. The van der Waals surface area contributed by atoms with Crippen LogP contribution in [0.4, 0.5) is 0 Å². The number of aliphatic hydroxyl groups excluding tert-OH is 1. The van der Waals surface area contributed by atoms with Crippen molar-refractivity contribution in [3.63, 3.8) is 0 Å². The molecule has 0 aliphatic carbocycles. The third-order valence-electron chi connectivity index (χ3n) is 1.80. The van der Waals surface area contributed by atoms with Gasteiger partial charge in [0.25, 0.3) is 0 Å². The monoisotopic (exact) mass is 235 g/mol. The summed E-state index contributed by atoms with van der Waals surface area (Å²) in [5.74, 6) is 0. The molecule has 0 fully saturated rings. The van der Waals surface area contributed by atoms with Crippen LogP contribution in [0, 0.1) is 0 Å². The average Bonchev–Trinajstić information content (AvgIpc) is 2.23. The van der Waals surface area contributed by atoms with Gasteiger partial charge in [0, 0.05) is 19.3 Å². The highest BCUT2D eigenvalue weighted by Gasteiger charge is 2.01. The van der Waals surface area contributed by atoms with Gasteiger partial charge >= 0.3 is 0 Å². The van der Waals surface area contributed by atoms with Crippen molar-refractivity contribution < 1.29 is 19.3 Å². The largest absolute Gasteiger partial charge is 0.394 e. The molecule has 0 radical (unpaired) electrons. The second kappa shape index (κ2) is 11.3. The highest BCUT2D eigenvalue weighted by Crippen LogP contribution is 1.94. The Kier molecular flexibility index (Phi) is 11.1. The number of hydrogen-bond donors (Lipinski definition) is 2. The van der Waals surface area contributed by atoms with Crippen molar-refractivity contribution in [2.45, 2.75) is 32.4 Å². The van der Waals surface area contributed by atoms with Gasteiger partial charge in [-0.05, 0) is 20.3 Å². The van der Waals surface area contributed by atoms with Crippen LogP contribution < -0.4 is 5.73 Å². The summed E-state index contributed by atoms with van der Waals surface area (Å²) in [4.78, 5) is 0. The Balaban J connectivity index is 3.12. The molecule has 0 aliphatic heterocycles. The van der Waals surface area contributed by atoms with Gasteiger partial charge in [-0.2, -0.15) is 0 Å². The van der Waals surface area contributed by atoms with Gasteiger partial charge in [-0.15, -0.1) is 0 Å². The number of nitrogens with two attached hydrogens (primary N) is 1. The lowest BCUT2D eigenvalue weighted by Gasteiger charge is -2.13. The van der Waals surface area contributed by atoms with Crippen LogP contribution in [-0.2, 0) is 14.2 Å². The maximum Gasteiger partial charge on any atom is 0.0780 e. The van der Waals surface area contributed by atoms with Gasteiger partial charge in [0.15, 0.2) is 0 Å². The molecule has 0 spiro atoms. The molecular weight excluding hydrogens is 210 g/mol. The van der Waals surface area contributed by atoms with Gasteiger partial charge in [-0.3, -0.25) is 0 Å². The number of hydrogen-bond acceptors (Lipinski definition) is 5. The summed E-state index contributed by atoms with van der Waals surface area (Å²) in [5.41, 5.74) is 5.53. The number of ether oxygens (including phenoxy) is 3. The molecule has 5 nitrogen and oxygen atoms in total. The normalized spacial score (nSPS) is 15.0. The highest BCUT2D eigenvalue weighted by molar-refractivity contribution is 4.50. The van der Waals surface area contributed by atoms with E-state index in [4.69, 9.17) is 25.1 Å². The summed E-state index contributed by atoms with van der Waals surface area (Å²) < 4.78 is 15.9. The molecule has 2 unspecified atom stereocenters. The molecule has 5 heteroatoms. The van der Waals surface area contributed by atoms with Gasteiger partial charge in [0.05, 0.1) is 32.5 Å². The smallest absolute Gasteiger partial charge is 0.0780 e. The van der Waals surface area contributed by atoms with E-state index in [0.717, 1.165) is 6.42 Å². The van der Waals surface area contributed by atoms with Crippen LogP contribution in [0.25, 0.3) is 0 Å². The fraction of sp³-hybridized carbons (Fsp3) is 1.00. The molecular formula is C11H25NO4. The lowest BCUT2D eigenvalue weighted by atomic mass is 10.4. The first-order chi connectivity index (χ1) is 7.66. The molecule has 0 saturated heterocycles. The van der Waals surface area contributed by atoms with Gasteiger partial charge in [0.1, 0.15) is 0 Å². The SMILES string of the molecule is CC(N)COCCCOC(C)COCCO. The molecule has 98 valence electrons. The van der Waals surface area contributed by atoms with E-state index >= 15 is 0 Å². The topological polar surface area (TPSA) is 73.9 Å². The minimum atomic E-state index is 0.0534. The van der Waals surface area contributed by atoms with Crippen molar-refractivity contribution >= 4 is 0 Å². The zero-order valence-corrected chi connectivity index (χ0v) is 10.4. The van der Waals surface area contributed by atoms with Crippen LogP contribution in [0.5, 0.6) is 0 Å². The summed E-state index contributed by atoms with van der Waals surface area (Å²) in [7, 11) is 0. The van der Waals surface area contributed by atoms with Gasteiger partial charge < -0.3 is 25.1 Å². The Morgan fingerprint density at radius 2 is 1.75 bits per heavy atom. The summed E-state index contributed by atoms with van der Waals surface area (Å²) in [6, 6.07) is 0.0896. The van der Waals surface area contributed by atoms with Crippen molar-refractivity contribution in [1.29, 1.82) is 0 Å². The Morgan fingerprint density at radius 3 is 2.38 bits per heavy atom. The fourth-order valence-corrected chi connectivity index (χ4v) is 1.08. The van der Waals surface area contributed by atoms with E-state index in [9.17, 15) is 0 Å². The molecule has 0 aromatic carbocycles. The molecule has 0 aromatic rings. The molecule has 16 heavy (non-hydrogen) atoms. The first-order valence-electron chi connectivity index (χ1n) is 5.80. The summed E-state index contributed by atoms with van der Waals surface area (Å²) in [6.07, 6.45) is 0.914. The van der Waals surface area contributed by atoms with Gasteiger partial charge in [-0.25, -0.2) is 0 Å². The summed E-state index contributed by atoms with van der Waals surface area (Å²) >= 11 is 0. The molecule has 0 amide bonds. The van der Waals surface area contributed by atoms with Crippen LogP contribution in [0.15, 0.2) is 0 Å². The first-order valence-corrected chi connectivity index (χ1v) is 5.80. The Morgan fingerprint density at radius 1 is 1.06 bits per heavy atom. The number of rotatable bonds is 11. The molecule has 0 aliphatic rings. The van der Waals surface area contributed by atoms with Crippen molar-refractivity contribution in [2.24, 2.45) is 5.73 Å². The third-order valence-corrected chi connectivity index (χ3v) is 1.80. The molecule has 0 aromatic heterocycles. The van der Waals surface area contributed by atoms with E-state index < -0.39 is 0 Å². The van der Waals surface area contributed by atoms with Crippen molar-refractivity contribution in [3.05, 3.63) is 0 Å². The van der Waals surface area contributed by atoms with E-state index in [0.29, 0.717) is 33.0 Å². The second-order valence-electron chi connectivity index (χ2n) is 3.89. The maximum atomic E-state index is 8.50. The van der Waals surface area contributed by atoms with Crippen LogP contribution >= 0.6 is 0 Å². The zero-order chi connectivity index (χ0) is 12.2. The third kappa shape index (κ3) is 11.9. The highest BCUT2D eigenvalue weighted by atomic mass is 16.5. The zero-order valence-electron chi connectivity index (χ0n) is 10.4. The van der Waals surface area contributed by atoms with E-state index in [1.165, 1.54) is 0 Å². The van der Waals surface area contributed by atoms with Crippen molar-refractivity contribution in [1.82, 2.24) is 0 Å². The standard InChI is InChI=1S/C11H25NO4/c1-10(12)8-14-5-3-6-16-11(2)9-15-7-4-13/h10-11,13H,3-9,12H2,1-2H3. The van der Waals surface area contributed by atoms with Gasteiger partial charge in [-0.1, -0.05) is 0 Å². The predicted molar refractivity (Wildman–Crippen MR) is 62.4 cm³/mol. The minimum Gasteiger partial charge on any atom is -0.394 e. The summed E-state index contributed by atoms with van der Waals surface area (Å²) in [5, 5.41) is 8.50. The van der Waals surface area contributed by atoms with Crippen LogP contribution in [-0.4, -0.2) is 56.9 Å². The van der Waals surface area contributed by atoms with Crippen LogP contribution in [0.1, 0.15) is 20.3 Å². The Bertz CT molecular complexity index is 144. The average molecular weight is 235 g/mol. The Labute approximate surface area is 97.9 Å². The lowest BCUT2D eigenvalue weighted by Crippen LogP contribution is -2.22. The predicted octanol–water partition coefficient (Wildman–Crippen LogP) is 0.154. The first kappa shape index (κ1) is 15.8. The van der Waals surface area contributed by atoms with Crippen molar-refractivity contribution in [2.75, 3.05) is 39.6 Å². The van der Waals surface area contributed by atoms with E-state index in [1.54, 1.807) is 0 Å². The Hall–Kier alpha value is -0.200. The quantitative estimate of drug-likeness (QED) is 0.499. The summed E-state index contributed by atoms with van der Waals surface area (Å²) in [6.45, 7) is 6.71. The van der Waals surface area contributed by atoms with E-state index in [2.05, 4.69) is 0 Å². The maximum absolute atomic E-state index is 8.50. The molecule has 0 saturated carbocycles. The molecule has 3 N–H and O–H groups in total. The molecule has 0 rings (SSSR count). The van der Waals surface area contributed by atoms with Crippen molar-refractivity contribution in [3.8, 4) is 0 Å². The molecule has 0 bridgehead atoms. The van der Waals surface area contributed by atoms with E-state index in [1.807, 2.05) is 13.8 Å².